The number of carbonyl (C=O) groups excluding carboxylic acids is 2. The summed E-state index contributed by atoms with van der Waals surface area (Å²) in [6, 6.07) is 0.201. The molecule has 2 aliphatic rings. The van der Waals surface area contributed by atoms with Crippen molar-refractivity contribution in [1.82, 2.24) is 14.7 Å². The molecule has 0 spiro atoms. The third-order valence-corrected chi connectivity index (χ3v) is 4.98. The van der Waals surface area contributed by atoms with Gasteiger partial charge in [0.05, 0.1) is 5.92 Å². The Labute approximate surface area is 133 Å². The van der Waals surface area contributed by atoms with Gasteiger partial charge >= 0.3 is 0 Å². The van der Waals surface area contributed by atoms with Crippen molar-refractivity contribution in [1.29, 1.82) is 0 Å². The standard InChI is InChI=1S/C16H30N4O2/c1-12(17)13-4-6-19(7-5-13)16(22)14-10-15(21)20(11-14)9-8-18(2)3/h12-14H,4-11,17H2,1-3H3. The van der Waals surface area contributed by atoms with Crippen LogP contribution >= 0.6 is 0 Å². The van der Waals surface area contributed by atoms with Gasteiger partial charge in [-0.25, -0.2) is 0 Å². The molecule has 0 aromatic heterocycles. The fraction of sp³-hybridized carbons (Fsp3) is 0.875. The first-order valence-corrected chi connectivity index (χ1v) is 8.35. The van der Waals surface area contributed by atoms with Gasteiger partial charge in [0.15, 0.2) is 0 Å². The predicted octanol–water partition coefficient (Wildman–Crippen LogP) is -0.0177. The Bertz CT molecular complexity index is 403. The van der Waals surface area contributed by atoms with E-state index in [1.165, 1.54) is 0 Å². The predicted molar refractivity (Wildman–Crippen MR) is 86.2 cm³/mol. The number of likely N-dealkylation sites (N-methyl/N-ethyl adjacent to an activating group) is 1. The normalized spacial score (nSPS) is 25.1. The third kappa shape index (κ3) is 4.20. The highest BCUT2D eigenvalue weighted by molar-refractivity contribution is 5.89. The van der Waals surface area contributed by atoms with E-state index in [2.05, 4.69) is 4.90 Å². The third-order valence-electron chi connectivity index (χ3n) is 4.98. The van der Waals surface area contributed by atoms with E-state index < -0.39 is 0 Å². The van der Waals surface area contributed by atoms with Crippen molar-refractivity contribution >= 4 is 11.8 Å². The molecule has 2 N–H and O–H groups in total. The van der Waals surface area contributed by atoms with Crippen LogP contribution in [-0.2, 0) is 9.59 Å². The second-order valence-corrected chi connectivity index (χ2v) is 7.07. The number of carbonyl (C=O) groups is 2. The summed E-state index contributed by atoms with van der Waals surface area (Å²) < 4.78 is 0. The monoisotopic (exact) mass is 310 g/mol. The van der Waals surface area contributed by atoms with Gasteiger partial charge in [-0.2, -0.15) is 0 Å². The average Bonchev–Trinajstić information content (AvgIpc) is 2.85. The molecule has 2 amide bonds. The van der Waals surface area contributed by atoms with E-state index in [1.54, 1.807) is 0 Å². The molecule has 2 saturated heterocycles. The summed E-state index contributed by atoms with van der Waals surface area (Å²) in [6.07, 6.45) is 2.34. The maximum atomic E-state index is 12.6. The second kappa shape index (κ2) is 7.42. The highest BCUT2D eigenvalue weighted by Crippen LogP contribution is 2.24. The van der Waals surface area contributed by atoms with Crippen LogP contribution in [0, 0.1) is 11.8 Å². The van der Waals surface area contributed by atoms with Gasteiger partial charge in [-0.15, -0.1) is 0 Å². The molecular weight excluding hydrogens is 280 g/mol. The summed E-state index contributed by atoms with van der Waals surface area (Å²) in [5.74, 6) is 0.641. The van der Waals surface area contributed by atoms with Crippen LogP contribution in [0.2, 0.25) is 0 Å². The summed E-state index contributed by atoms with van der Waals surface area (Å²) in [6.45, 7) is 5.74. The molecule has 2 unspecified atom stereocenters. The number of nitrogens with two attached hydrogens (primary N) is 1. The Morgan fingerprint density at radius 3 is 2.55 bits per heavy atom. The molecule has 0 radical (unpaired) electrons. The molecule has 2 rings (SSSR count). The lowest BCUT2D eigenvalue weighted by molar-refractivity contribution is -0.137. The van der Waals surface area contributed by atoms with Crippen molar-refractivity contribution in [2.24, 2.45) is 17.6 Å². The van der Waals surface area contributed by atoms with Gasteiger partial charge < -0.3 is 20.4 Å². The summed E-state index contributed by atoms with van der Waals surface area (Å²) in [5.41, 5.74) is 5.95. The minimum absolute atomic E-state index is 0.116. The van der Waals surface area contributed by atoms with Gasteiger partial charge in [-0.1, -0.05) is 0 Å². The van der Waals surface area contributed by atoms with E-state index in [-0.39, 0.29) is 23.8 Å². The Hall–Kier alpha value is -1.14. The SMILES string of the molecule is CC(N)C1CCN(C(=O)C2CC(=O)N(CCN(C)C)C2)CC1. The van der Waals surface area contributed by atoms with Crippen molar-refractivity contribution in [3.63, 3.8) is 0 Å². The highest BCUT2D eigenvalue weighted by atomic mass is 16.2. The van der Waals surface area contributed by atoms with Crippen molar-refractivity contribution < 1.29 is 9.59 Å². The molecule has 2 heterocycles. The van der Waals surface area contributed by atoms with Crippen LogP contribution in [0.15, 0.2) is 0 Å². The molecule has 22 heavy (non-hydrogen) atoms. The van der Waals surface area contributed by atoms with Crippen LogP contribution in [-0.4, -0.2) is 79.4 Å². The van der Waals surface area contributed by atoms with Gasteiger partial charge in [0, 0.05) is 45.2 Å². The van der Waals surface area contributed by atoms with E-state index in [9.17, 15) is 9.59 Å². The Kier molecular flexibility index (Phi) is 5.81. The molecule has 0 aromatic carbocycles. The fourth-order valence-electron chi connectivity index (χ4n) is 3.38. The average molecular weight is 310 g/mol. The lowest BCUT2D eigenvalue weighted by Crippen LogP contribution is -2.45. The first-order chi connectivity index (χ1) is 10.4. The minimum atomic E-state index is -0.151. The first-order valence-electron chi connectivity index (χ1n) is 8.35. The van der Waals surface area contributed by atoms with Crippen molar-refractivity contribution in [2.75, 3.05) is 46.8 Å². The summed E-state index contributed by atoms with van der Waals surface area (Å²) in [5, 5.41) is 0. The number of hydrogen-bond donors (Lipinski definition) is 1. The molecule has 2 atom stereocenters. The van der Waals surface area contributed by atoms with Crippen molar-refractivity contribution in [3.05, 3.63) is 0 Å². The Balaban J connectivity index is 1.83. The lowest BCUT2D eigenvalue weighted by Gasteiger charge is -2.35. The smallest absolute Gasteiger partial charge is 0.227 e. The number of nitrogens with zero attached hydrogens (tertiary/aromatic N) is 3. The van der Waals surface area contributed by atoms with E-state index in [1.807, 2.05) is 30.8 Å². The van der Waals surface area contributed by atoms with E-state index in [0.717, 1.165) is 32.5 Å². The van der Waals surface area contributed by atoms with Crippen LogP contribution < -0.4 is 5.73 Å². The number of rotatable bonds is 5. The van der Waals surface area contributed by atoms with Crippen LogP contribution in [0.5, 0.6) is 0 Å². The molecule has 2 fully saturated rings. The Morgan fingerprint density at radius 2 is 2.00 bits per heavy atom. The lowest BCUT2D eigenvalue weighted by atomic mass is 9.90. The zero-order chi connectivity index (χ0) is 16.3. The maximum Gasteiger partial charge on any atom is 0.227 e. The first kappa shape index (κ1) is 17.2. The van der Waals surface area contributed by atoms with Crippen LogP contribution in [0.25, 0.3) is 0 Å². The summed E-state index contributed by atoms with van der Waals surface area (Å²) in [7, 11) is 3.98. The second-order valence-electron chi connectivity index (χ2n) is 7.07. The van der Waals surface area contributed by atoms with Gasteiger partial charge in [0.2, 0.25) is 11.8 Å². The number of hydrogen-bond acceptors (Lipinski definition) is 4. The summed E-state index contributed by atoms with van der Waals surface area (Å²) in [4.78, 5) is 30.5. The molecule has 0 aromatic rings. The molecule has 126 valence electrons. The minimum Gasteiger partial charge on any atom is -0.342 e. The summed E-state index contributed by atoms with van der Waals surface area (Å²) >= 11 is 0. The van der Waals surface area contributed by atoms with Gasteiger partial charge in [0.25, 0.3) is 0 Å². The largest absolute Gasteiger partial charge is 0.342 e. The fourth-order valence-corrected chi connectivity index (χ4v) is 3.38. The van der Waals surface area contributed by atoms with Crippen LogP contribution in [0.1, 0.15) is 26.2 Å². The molecular formula is C16H30N4O2. The van der Waals surface area contributed by atoms with Crippen molar-refractivity contribution in [3.8, 4) is 0 Å². The molecule has 0 aliphatic carbocycles. The molecule has 0 bridgehead atoms. The number of piperidine rings is 1. The number of likely N-dealkylation sites (tertiary alicyclic amines) is 2. The van der Waals surface area contributed by atoms with Gasteiger partial charge in [-0.05, 0) is 39.8 Å². The van der Waals surface area contributed by atoms with E-state index in [4.69, 9.17) is 5.73 Å². The molecule has 6 nitrogen and oxygen atoms in total. The zero-order valence-electron chi connectivity index (χ0n) is 14.1. The molecule has 2 aliphatic heterocycles. The van der Waals surface area contributed by atoms with Gasteiger partial charge in [0.1, 0.15) is 0 Å². The molecule has 0 saturated carbocycles. The van der Waals surface area contributed by atoms with E-state index >= 15 is 0 Å². The quantitative estimate of drug-likeness (QED) is 0.775. The zero-order valence-corrected chi connectivity index (χ0v) is 14.1. The number of amides is 2. The van der Waals surface area contributed by atoms with Gasteiger partial charge in [-0.3, -0.25) is 9.59 Å². The highest BCUT2D eigenvalue weighted by Gasteiger charge is 2.37. The van der Waals surface area contributed by atoms with Crippen LogP contribution in [0.4, 0.5) is 0 Å². The Morgan fingerprint density at radius 1 is 1.36 bits per heavy atom. The molecule has 6 heteroatoms. The van der Waals surface area contributed by atoms with Crippen molar-refractivity contribution in [2.45, 2.75) is 32.2 Å². The van der Waals surface area contributed by atoms with E-state index in [0.29, 0.717) is 25.4 Å². The topological polar surface area (TPSA) is 69.9 Å². The van der Waals surface area contributed by atoms with Crippen LogP contribution in [0.3, 0.4) is 0 Å². The maximum absolute atomic E-state index is 12.6.